The number of aromatic amines is 1. The van der Waals surface area contributed by atoms with E-state index in [1.807, 2.05) is 24.3 Å². The molecular formula is C10H11N3O. The second kappa shape index (κ2) is 3.41. The van der Waals surface area contributed by atoms with Gasteiger partial charge in [-0.25, -0.2) is 4.98 Å². The molecule has 14 heavy (non-hydrogen) atoms. The highest BCUT2D eigenvalue weighted by Gasteiger charge is 2.00. The molecule has 0 saturated heterocycles. The zero-order valence-corrected chi connectivity index (χ0v) is 7.82. The maximum absolute atomic E-state index is 5.48. The first-order valence-electron chi connectivity index (χ1n) is 4.24. The lowest BCUT2D eigenvalue weighted by Crippen LogP contribution is -1.86. The monoisotopic (exact) mass is 189 g/mol. The minimum Gasteiger partial charge on any atom is -0.497 e. The average molecular weight is 189 g/mol. The number of nitrogens with two attached hydrogens (primary N) is 1. The van der Waals surface area contributed by atoms with Gasteiger partial charge in [-0.3, -0.25) is 0 Å². The third kappa shape index (κ3) is 1.54. The van der Waals surface area contributed by atoms with Crippen LogP contribution in [0, 0.1) is 0 Å². The number of H-pyrrole nitrogens is 1. The van der Waals surface area contributed by atoms with Crippen LogP contribution in [0.25, 0.3) is 11.3 Å². The molecule has 0 bridgehead atoms. The molecule has 3 N–H and O–H groups in total. The van der Waals surface area contributed by atoms with E-state index in [9.17, 15) is 0 Å². The summed E-state index contributed by atoms with van der Waals surface area (Å²) < 4.78 is 5.06. The molecule has 2 rings (SSSR count). The number of methoxy groups -OCH3 is 1. The minimum atomic E-state index is 0.427. The number of hydrogen-bond donors (Lipinski definition) is 2. The van der Waals surface area contributed by atoms with Crippen LogP contribution >= 0.6 is 0 Å². The second-order valence-corrected chi connectivity index (χ2v) is 2.91. The number of nitrogens with one attached hydrogen (secondary N) is 1. The van der Waals surface area contributed by atoms with Gasteiger partial charge in [0.15, 0.2) is 5.95 Å². The van der Waals surface area contributed by atoms with Crippen LogP contribution in [0.4, 0.5) is 5.95 Å². The number of aromatic nitrogens is 2. The summed E-state index contributed by atoms with van der Waals surface area (Å²) in [4.78, 5) is 6.88. The number of nitrogen functional groups attached to an aromatic ring is 1. The van der Waals surface area contributed by atoms with Gasteiger partial charge in [-0.15, -0.1) is 0 Å². The number of rotatable bonds is 2. The number of anilines is 1. The lowest BCUT2D eigenvalue weighted by atomic mass is 10.2. The summed E-state index contributed by atoms with van der Waals surface area (Å²) in [5.41, 5.74) is 7.43. The largest absolute Gasteiger partial charge is 0.497 e. The summed E-state index contributed by atoms with van der Waals surface area (Å²) in [6.45, 7) is 0. The van der Waals surface area contributed by atoms with Gasteiger partial charge in [0.1, 0.15) is 5.75 Å². The van der Waals surface area contributed by atoms with Crippen LogP contribution in [0.1, 0.15) is 0 Å². The van der Waals surface area contributed by atoms with Crippen molar-refractivity contribution in [3.8, 4) is 17.0 Å². The topological polar surface area (TPSA) is 63.9 Å². The van der Waals surface area contributed by atoms with E-state index in [0.717, 1.165) is 17.0 Å². The summed E-state index contributed by atoms with van der Waals surface area (Å²) in [5.74, 6) is 1.26. The third-order valence-corrected chi connectivity index (χ3v) is 2.00. The van der Waals surface area contributed by atoms with E-state index in [1.54, 1.807) is 13.3 Å². The van der Waals surface area contributed by atoms with Gasteiger partial charge < -0.3 is 15.5 Å². The van der Waals surface area contributed by atoms with Crippen molar-refractivity contribution in [2.75, 3.05) is 12.8 Å². The third-order valence-electron chi connectivity index (χ3n) is 2.00. The molecule has 0 aliphatic rings. The van der Waals surface area contributed by atoms with Crippen LogP contribution < -0.4 is 10.5 Å². The minimum absolute atomic E-state index is 0.427. The molecule has 1 heterocycles. The first-order chi connectivity index (χ1) is 6.79. The maximum Gasteiger partial charge on any atom is 0.197 e. The first-order valence-corrected chi connectivity index (χ1v) is 4.24. The predicted octanol–water partition coefficient (Wildman–Crippen LogP) is 1.67. The molecule has 72 valence electrons. The molecule has 0 fully saturated rings. The fourth-order valence-electron chi connectivity index (χ4n) is 1.25. The summed E-state index contributed by atoms with van der Waals surface area (Å²) >= 11 is 0. The fraction of sp³-hybridized carbons (Fsp3) is 0.100. The van der Waals surface area contributed by atoms with Crippen LogP contribution in [-0.2, 0) is 0 Å². The molecular weight excluding hydrogens is 178 g/mol. The molecule has 0 aliphatic carbocycles. The highest BCUT2D eigenvalue weighted by molar-refractivity contribution is 5.60. The Morgan fingerprint density at radius 2 is 2.00 bits per heavy atom. The zero-order valence-electron chi connectivity index (χ0n) is 7.82. The Kier molecular flexibility index (Phi) is 2.10. The molecule has 4 heteroatoms. The highest BCUT2D eigenvalue weighted by Crippen LogP contribution is 2.20. The number of imidazole rings is 1. The van der Waals surface area contributed by atoms with Gasteiger partial charge in [0, 0.05) is 0 Å². The van der Waals surface area contributed by atoms with E-state index in [1.165, 1.54) is 0 Å². The van der Waals surface area contributed by atoms with E-state index in [4.69, 9.17) is 10.5 Å². The Bertz CT molecular complexity index is 419. The van der Waals surface area contributed by atoms with Crippen molar-refractivity contribution in [3.05, 3.63) is 30.5 Å². The van der Waals surface area contributed by atoms with E-state index >= 15 is 0 Å². The highest BCUT2D eigenvalue weighted by atomic mass is 16.5. The summed E-state index contributed by atoms with van der Waals surface area (Å²) in [5, 5.41) is 0. The predicted molar refractivity (Wildman–Crippen MR) is 55.0 cm³/mol. The van der Waals surface area contributed by atoms with Crippen molar-refractivity contribution >= 4 is 5.95 Å². The van der Waals surface area contributed by atoms with Crippen LogP contribution in [0.15, 0.2) is 30.5 Å². The normalized spacial score (nSPS) is 10.1. The van der Waals surface area contributed by atoms with Crippen LogP contribution in [0.2, 0.25) is 0 Å². The van der Waals surface area contributed by atoms with Crippen LogP contribution in [0.5, 0.6) is 5.75 Å². The molecule has 0 radical (unpaired) electrons. The fourth-order valence-corrected chi connectivity index (χ4v) is 1.25. The number of nitrogens with zero attached hydrogens (tertiary/aromatic N) is 1. The Morgan fingerprint density at radius 1 is 1.29 bits per heavy atom. The Labute approximate surface area is 81.7 Å². The molecule has 1 aromatic heterocycles. The summed E-state index contributed by atoms with van der Waals surface area (Å²) in [6, 6.07) is 7.69. The van der Waals surface area contributed by atoms with Gasteiger partial charge >= 0.3 is 0 Å². The number of hydrogen-bond acceptors (Lipinski definition) is 3. The SMILES string of the molecule is COc1ccc(-c2cnc(N)[nH]2)cc1. The number of ether oxygens (including phenoxy) is 1. The molecule has 0 spiro atoms. The quantitative estimate of drug-likeness (QED) is 0.755. The second-order valence-electron chi connectivity index (χ2n) is 2.91. The van der Waals surface area contributed by atoms with Gasteiger partial charge in [-0.1, -0.05) is 0 Å². The van der Waals surface area contributed by atoms with Crippen molar-refractivity contribution in [3.63, 3.8) is 0 Å². The van der Waals surface area contributed by atoms with E-state index in [2.05, 4.69) is 9.97 Å². The lowest BCUT2D eigenvalue weighted by Gasteiger charge is -2.00. The van der Waals surface area contributed by atoms with Crippen molar-refractivity contribution in [2.24, 2.45) is 0 Å². The Morgan fingerprint density at radius 3 is 2.50 bits per heavy atom. The van der Waals surface area contributed by atoms with Gasteiger partial charge in [0.25, 0.3) is 0 Å². The van der Waals surface area contributed by atoms with E-state index < -0.39 is 0 Å². The summed E-state index contributed by atoms with van der Waals surface area (Å²) in [7, 11) is 1.64. The molecule has 1 aromatic carbocycles. The first kappa shape index (κ1) is 8.62. The van der Waals surface area contributed by atoms with Crippen molar-refractivity contribution < 1.29 is 4.74 Å². The van der Waals surface area contributed by atoms with Gasteiger partial charge in [0.05, 0.1) is 19.0 Å². The Hall–Kier alpha value is -1.97. The van der Waals surface area contributed by atoms with Crippen LogP contribution in [-0.4, -0.2) is 17.1 Å². The zero-order chi connectivity index (χ0) is 9.97. The van der Waals surface area contributed by atoms with E-state index in [-0.39, 0.29) is 0 Å². The molecule has 0 aliphatic heterocycles. The van der Waals surface area contributed by atoms with Gasteiger partial charge in [-0.2, -0.15) is 0 Å². The maximum atomic E-state index is 5.48. The van der Waals surface area contributed by atoms with Gasteiger partial charge in [-0.05, 0) is 29.8 Å². The van der Waals surface area contributed by atoms with Crippen molar-refractivity contribution in [1.82, 2.24) is 9.97 Å². The Balaban J connectivity index is 2.33. The molecule has 2 aromatic rings. The average Bonchev–Trinajstić information content (AvgIpc) is 2.65. The molecule has 0 atom stereocenters. The van der Waals surface area contributed by atoms with E-state index in [0.29, 0.717) is 5.95 Å². The van der Waals surface area contributed by atoms with Crippen LogP contribution in [0.3, 0.4) is 0 Å². The molecule has 4 nitrogen and oxygen atoms in total. The van der Waals surface area contributed by atoms with Crippen molar-refractivity contribution in [1.29, 1.82) is 0 Å². The smallest absolute Gasteiger partial charge is 0.197 e. The summed E-state index contributed by atoms with van der Waals surface area (Å²) in [6.07, 6.45) is 1.71. The number of benzene rings is 1. The lowest BCUT2D eigenvalue weighted by molar-refractivity contribution is 0.415. The molecule has 0 saturated carbocycles. The van der Waals surface area contributed by atoms with Crippen molar-refractivity contribution in [2.45, 2.75) is 0 Å². The standard InChI is InChI=1S/C10H11N3O/c1-14-8-4-2-7(3-5-8)9-6-12-10(11)13-9/h2-6H,1H3,(H3,11,12,13). The van der Waals surface area contributed by atoms with Gasteiger partial charge in [0.2, 0.25) is 0 Å². The molecule has 0 amide bonds. The molecule has 0 unspecified atom stereocenters.